The van der Waals surface area contributed by atoms with Crippen molar-refractivity contribution >= 4 is 51.2 Å². The summed E-state index contributed by atoms with van der Waals surface area (Å²) >= 11 is 0. The molecule has 4 aromatic carbocycles. The molecule has 0 heterocycles. The van der Waals surface area contributed by atoms with Gasteiger partial charge >= 0.3 is 0 Å². The molecule has 0 N–H and O–H groups in total. The third-order valence-corrected chi connectivity index (χ3v) is 7.59. The van der Waals surface area contributed by atoms with Crippen LogP contribution in [-0.2, 0) is 25.7 Å². The third-order valence-electron chi connectivity index (χ3n) is 7.59. The molecule has 0 unspecified atom stereocenters. The predicted molar refractivity (Wildman–Crippen MR) is 221 cm³/mol. The van der Waals surface area contributed by atoms with E-state index < -0.39 is 23.9 Å². The van der Waals surface area contributed by atoms with Crippen molar-refractivity contribution in [3.05, 3.63) is 142 Å². The first-order valence-electron chi connectivity index (χ1n) is 18.7. The monoisotopic (exact) mass is 972 g/mol. The normalized spacial score (nSPS) is 11.2. The van der Waals surface area contributed by atoms with Crippen molar-refractivity contribution in [1.29, 1.82) is 0 Å². The van der Waals surface area contributed by atoms with Crippen molar-refractivity contribution < 1.29 is 39.6 Å². The summed E-state index contributed by atoms with van der Waals surface area (Å²) in [5.74, 6) is -4.44. The SMILES string of the molecule is CC(C)(C)Cc1cccc(C(=O)[O-])c1.CC(C)(C)Cc1cccc(C(=O)[O-])c1.CC(C)(C)Cc1cccc(C(=O)[O-])c1.CC(C)(C)Cc1cccc(C(=O)[O-])c1.[Pb]. The summed E-state index contributed by atoms with van der Waals surface area (Å²) in [7, 11) is 0. The average molecular weight is 972 g/mol. The molecule has 0 bridgehead atoms. The Morgan fingerprint density at radius 3 is 0.632 bits per heavy atom. The first kappa shape index (κ1) is 52.7. The molecule has 0 spiro atoms. The molecule has 0 fully saturated rings. The van der Waals surface area contributed by atoms with Gasteiger partial charge in [0.05, 0.1) is 23.9 Å². The van der Waals surface area contributed by atoms with Crippen LogP contribution in [0.1, 0.15) is 147 Å². The van der Waals surface area contributed by atoms with Crippen molar-refractivity contribution in [2.24, 2.45) is 21.7 Å². The quantitative estimate of drug-likeness (QED) is 0.190. The minimum atomic E-state index is -1.11. The van der Waals surface area contributed by atoms with E-state index in [1.54, 1.807) is 72.8 Å². The van der Waals surface area contributed by atoms with Gasteiger partial charge < -0.3 is 39.6 Å². The maximum atomic E-state index is 10.6. The zero-order valence-corrected chi connectivity index (χ0v) is 39.7. The fraction of sp³-hybridized carbons (Fsp3) is 0.417. The van der Waals surface area contributed by atoms with E-state index in [0.29, 0.717) is 0 Å². The number of benzene rings is 4. The average Bonchev–Trinajstić information content (AvgIpc) is 3.03. The Bertz CT molecular complexity index is 1620. The van der Waals surface area contributed by atoms with Crippen LogP contribution in [0.15, 0.2) is 97.1 Å². The Labute approximate surface area is 360 Å². The largest absolute Gasteiger partial charge is 0.545 e. The summed E-state index contributed by atoms with van der Waals surface area (Å²) in [6, 6.07) is 27.7. The van der Waals surface area contributed by atoms with E-state index in [0.717, 1.165) is 47.9 Å². The molecule has 4 aromatic rings. The van der Waals surface area contributed by atoms with Crippen LogP contribution in [0.5, 0.6) is 0 Å². The van der Waals surface area contributed by atoms with E-state index in [1.165, 1.54) is 0 Å². The maximum absolute atomic E-state index is 10.6. The second-order valence-electron chi connectivity index (χ2n) is 18.9. The van der Waals surface area contributed by atoms with E-state index in [2.05, 4.69) is 83.1 Å². The molecule has 0 aliphatic carbocycles. The first-order chi connectivity index (χ1) is 25.5. The second kappa shape index (κ2) is 23.2. The summed E-state index contributed by atoms with van der Waals surface area (Å²) in [6.07, 6.45) is 3.48. The van der Waals surface area contributed by atoms with Crippen LogP contribution in [0.2, 0.25) is 0 Å². The summed E-state index contributed by atoms with van der Waals surface area (Å²) < 4.78 is 0. The molecule has 57 heavy (non-hydrogen) atoms. The Hall–Kier alpha value is -4.32. The first-order valence-corrected chi connectivity index (χ1v) is 18.7. The number of hydrogen-bond donors (Lipinski definition) is 0. The molecule has 4 rings (SSSR count). The molecule has 0 saturated heterocycles. The number of carbonyl (C=O) groups excluding carboxylic acids is 4. The minimum Gasteiger partial charge on any atom is -0.545 e. The molecule has 8 nitrogen and oxygen atoms in total. The number of carboxylic acids is 4. The number of aromatic carboxylic acids is 4. The van der Waals surface area contributed by atoms with Gasteiger partial charge in [0.2, 0.25) is 0 Å². The van der Waals surface area contributed by atoms with Crippen LogP contribution >= 0.6 is 0 Å². The van der Waals surface area contributed by atoms with Crippen molar-refractivity contribution in [2.75, 3.05) is 0 Å². The number of carboxylic acid groups (broad SMARTS) is 4. The summed E-state index contributed by atoms with van der Waals surface area (Å²) in [4.78, 5) is 42.4. The Morgan fingerprint density at radius 1 is 0.351 bits per heavy atom. The number of carbonyl (C=O) groups is 4. The summed E-state index contributed by atoms with van der Waals surface area (Å²) in [5, 5.41) is 42.4. The van der Waals surface area contributed by atoms with Gasteiger partial charge in [0.25, 0.3) is 0 Å². The van der Waals surface area contributed by atoms with Gasteiger partial charge in [-0.05, 0) is 116 Å². The minimum absolute atomic E-state index is 0. The zero-order chi connectivity index (χ0) is 43.1. The third kappa shape index (κ3) is 24.8. The van der Waals surface area contributed by atoms with Crippen LogP contribution in [0, 0.1) is 21.7 Å². The second-order valence-corrected chi connectivity index (χ2v) is 18.9. The molecular formula is C48H60O8Pb-4. The zero-order valence-electron chi connectivity index (χ0n) is 35.8. The number of hydrogen-bond acceptors (Lipinski definition) is 8. The van der Waals surface area contributed by atoms with E-state index in [9.17, 15) is 39.6 Å². The fourth-order valence-electron chi connectivity index (χ4n) is 5.68. The van der Waals surface area contributed by atoms with Gasteiger partial charge in [-0.2, -0.15) is 0 Å². The van der Waals surface area contributed by atoms with Crippen LogP contribution < -0.4 is 20.4 Å². The van der Waals surface area contributed by atoms with E-state index >= 15 is 0 Å². The predicted octanol–water partition coefficient (Wildman–Crippen LogP) is 6.17. The van der Waals surface area contributed by atoms with Crippen molar-refractivity contribution in [3.8, 4) is 0 Å². The van der Waals surface area contributed by atoms with Crippen molar-refractivity contribution in [3.63, 3.8) is 0 Å². The molecular weight excluding hydrogens is 912 g/mol. The van der Waals surface area contributed by atoms with Crippen LogP contribution in [-0.4, -0.2) is 51.2 Å². The van der Waals surface area contributed by atoms with Gasteiger partial charge in [-0.15, -0.1) is 0 Å². The smallest absolute Gasteiger partial charge is 0.0715 e. The van der Waals surface area contributed by atoms with Crippen LogP contribution in [0.25, 0.3) is 0 Å². The van der Waals surface area contributed by atoms with Gasteiger partial charge in [-0.3, -0.25) is 0 Å². The standard InChI is InChI=1S/4C12H16O2.Pb/c4*1-12(2,3)8-9-5-4-6-10(7-9)11(13)14;/h4*4-7H,8H2,1-3H3,(H,13,14);/p-4. The van der Waals surface area contributed by atoms with Crippen molar-refractivity contribution in [1.82, 2.24) is 0 Å². The van der Waals surface area contributed by atoms with E-state index in [-0.39, 0.29) is 71.2 Å². The summed E-state index contributed by atoms with van der Waals surface area (Å²) in [5.41, 5.74) is 5.87. The van der Waals surface area contributed by atoms with Crippen LogP contribution in [0.3, 0.4) is 0 Å². The van der Waals surface area contributed by atoms with Crippen LogP contribution in [0.4, 0.5) is 0 Å². The molecule has 308 valence electrons. The topological polar surface area (TPSA) is 161 Å². The molecule has 0 saturated carbocycles. The van der Waals surface area contributed by atoms with E-state index in [1.807, 2.05) is 24.3 Å². The molecule has 0 aliphatic rings. The Kier molecular flexibility index (Phi) is 21.4. The van der Waals surface area contributed by atoms with Crippen molar-refractivity contribution in [2.45, 2.75) is 109 Å². The molecule has 9 heteroatoms. The molecule has 0 aliphatic heterocycles. The fourth-order valence-corrected chi connectivity index (χ4v) is 5.68. The van der Waals surface area contributed by atoms with E-state index in [4.69, 9.17) is 0 Å². The molecule has 4 radical (unpaired) electrons. The summed E-state index contributed by atoms with van der Waals surface area (Å²) in [6.45, 7) is 25.5. The molecule has 0 aromatic heterocycles. The Morgan fingerprint density at radius 2 is 0.509 bits per heavy atom. The van der Waals surface area contributed by atoms with Gasteiger partial charge in [-0.1, -0.05) is 156 Å². The number of rotatable bonds is 8. The maximum Gasteiger partial charge on any atom is 0.0715 e. The van der Waals surface area contributed by atoms with Gasteiger partial charge in [0.15, 0.2) is 0 Å². The molecule has 0 amide bonds. The van der Waals surface area contributed by atoms with Gasteiger partial charge in [0, 0.05) is 27.3 Å². The Balaban J connectivity index is 0.000000729. The molecule has 0 atom stereocenters. The van der Waals surface area contributed by atoms with Gasteiger partial charge in [-0.25, -0.2) is 0 Å². The van der Waals surface area contributed by atoms with Gasteiger partial charge in [0.1, 0.15) is 0 Å².